The first kappa shape index (κ1) is 14.9. The lowest BCUT2D eigenvalue weighted by Gasteiger charge is -2.59. The molecular formula is C17H26O5. The Morgan fingerprint density at radius 2 is 2.05 bits per heavy atom. The van der Waals surface area contributed by atoms with E-state index in [2.05, 4.69) is 13.8 Å². The Bertz CT molecular complexity index is 501. The summed E-state index contributed by atoms with van der Waals surface area (Å²) in [6, 6.07) is 0. The summed E-state index contributed by atoms with van der Waals surface area (Å²) < 4.78 is 18.1. The van der Waals surface area contributed by atoms with E-state index in [1.165, 1.54) is 6.92 Å². The summed E-state index contributed by atoms with van der Waals surface area (Å²) in [5.41, 5.74) is -0.563. The van der Waals surface area contributed by atoms with E-state index in [4.69, 9.17) is 14.2 Å². The molecule has 4 aliphatic rings. The van der Waals surface area contributed by atoms with Crippen molar-refractivity contribution in [3.8, 4) is 0 Å². The summed E-state index contributed by atoms with van der Waals surface area (Å²) >= 11 is 0. The molecule has 7 atom stereocenters. The highest BCUT2D eigenvalue weighted by Gasteiger charge is 2.81. The van der Waals surface area contributed by atoms with Gasteiger partial charge in [0.1, 0.15) is 11.7 Å². The maximum absolute atomic E-state index is 11.6. The van der Waals surface area contributed by atoms with E-state index in [1.54, 1.807) is 0 Å². The van der Waals surface area contributed by atoms with Crippen LogP contribution in [0.1, 0.15) is 46.5 Å². The smallest absolute Gasteiger partial charge is 0.302 e. The molecule has 2 saturated heterocycles. The number of aliphatic hydroxyl groups is 1. The molecule has 5 nitrogen and oxygen atoms in total. The van der Waals surface area contributed by atoms with Gasteiger partial charge in [0, 0.05) is 30.8 Å². The van der Waals surface area contributed by atoms with Crippen LogP contribution in [0.4, 0.5) is 0 Å². The maximum atomic E-state index is 11.6. The summed E-state index contributed by atoms with van der Waals surface area (Å²) in [4.78, 5) is 11.6. The molecule has 0 radical (unpaired) electrons. The molecule has 124 valence electrons. The molecule has 22 heavy (non-hydrogen) atoms. The van der Waals surface area contributed by atoms with Gasteiger partial charge in [-0.3, -0.25) is 4.79 Å². The Balaban J connectivity index is 1.73. The number of esters is 1. The molecular weight excluding hydrogens is 284 g/mol. The third-order valence-corrected chi connectivity index (χ3v) is 7.34. The Morgan fingerprint density at radius 3 is 2.64 bits per heavy atom. The molecule has 0 amide bonds. The molecule has 0 aromatic rings. The van der Waals surface area contributed by atoms with E-state index >= 15 is 0 Å². The van der Waals surface area contributed by atoms with Gasteiger partial charge in [-0.05, 0) is 25.2 Å². The highest BCUT2D eigenvalue weighted by molar-refractivity contribution is 5.66. The van der Waals surface area contributed by atoms with Crippen LogP contribution in [0.3, 0.4) is 0 Å². The molecule has 4 rings (SSSR count). The quantitative estimate of drug-likeness (QED) is 0.620. The van der Waals surface area contributed by atoms with Gasteiger partial charge in [0.25, 0.3) is 0 Å². The van der Waals surface area contributed by atoms with Crippen molar-refractivity contribution in [2.75, 3.05) is 13.2 Å². The highest BCUT2D eigenvalue weighted by Crippen LogP contribution is 2.72. The highest BCUT2D eigenvalue weighted by atomic mass is 16.6. The van der Waals surface area contributed by atoms with Gasteiger partial charge >= 0.3 is 5.97 Å². The molecule has 2 bridgehead atoms. The number of carbonyl (C=O) groups excluding carboxylic acids is 1. The molecule has 5 heteroatoms. The first-order valence-corrected chi connectivity index (χ1v) is 8.45. The number of rotatable bonds is 2. The van der Waals surface area contributed by atoms with Gasteiger partial charge in [-0.25, -0.2) is 0 Å². The third-order valence-electron chi connectivity index (χ3n) is 7.34. The van der Waals surface area contributed by atoms with Crippen molar-refractivity contribution in [2.45, 2.75) is 70.4 Å². The average Bonchev–Trinajstić information content (AvgIpc) is 3.23. The molecule has 0 aromatic heterocycles. The van der Waals surface area contributed by atoms with Gasteiger partial charge in [-0.1, -0.05) is 13.8 Å². The number of hydrogen-bond donors (Lipinski definition) is 1. The predicted octanol–water partition coefficient (Wildman–Crippen LogP) is 1.66. The van der Waals surface area contributed by atoms with Gasteiger partial charge in [-0.15, -0.1) is 0 Å². The number of epoxide rings is 1. The lowest BCUT2D eigenvalue weighted by atomic mass is 9.50. The van der Waals surface area contributed by atoms with Crippen LogP contribution in [0.25, 0.3) is 0 Å². The van der Waals surface area contributed by atoms with Crippen molar-refractivity contribution in [3.05, 3.63) is 0 Å². The Morgan fingerprint density at radius 1 is 1.32 bits per heavy atom. The van der Waals surface area contributed by atoms with Crippen LogP contribution in [-0.4, -0.2) is 48.2 Å². The van der Waals surface area contributed by atoms with Gasteiger partial charge < -0.3 is 19.3 Å². The van der Waals surface area contributed by atoms with Crippen LogP contribution in [0.2, 0.25) is 0 Å². The summed E-state index contributed by atoms with van der Waals surface area (Å²) in [6.07, 6.45) is 3.58. The molecule has 1 N–H and O–H groups in total. The van der Waals surface area contributed by atoms with Crippen LogP contribution in [0.5, 0.6) is 0 Å². The number of aliphatic hydroxyl groups excluding tert-OH is 1. The number of fused-ring (bicyclic) bond motifs is 2. The zero-order chi connectivity index (χ0) is 15.8. The largest absolute Gasteiger partial charge is 0.462 e. The predicted molar refractivity (Wildman–Crippen MR) is 78.2 cm³/mol. The van der Waals surface area contributed by atoms with Gasteiger partial charge in [0.15, 0.2) is 0 Å². The standard InChI is InChI=1S/C17H26O5/c1-10(19)21-13-7-14-17(9-20-17)16(13,3)15(2)5-4-11(8-18)6-12(15)22-14/h11-14,18H,4-9H2,1-3H3. The van der Waals surface area contributed by atoms with E-state index < -0.39 is 0 Å². The van der Waals surface area contributed by atoms with Crippen LogP contribution < -0.4 is 0 Å². The number of ether oxygens (including phenoxy) is 3. The van der Waals surface area contributed by atoms with Gasteiger partial charge in [-0.2, -0.15) is 0 Å². The molecule has 2 saturated carbocycles. The fourth-order valence-electron chi connectivity index (χ4n) is 5.68. The number of carbonyl (C=O) groups is 1. The van der Waals surface area contributed by atoms with Crippen molar-refractivity contribution in [3.63, 3.8) is 0 Å². The summed E-state index contributed by atoms with van der Waals surface area (Å²) in [5, 5.41) is 9.51. The van der Waals surface area contributed by atoms with Crippen molar-refractivity contribution in [2.24, 2.45) is 16.7 Å². The van der Waals surface area contributed by atoms with E-state index in [0.29, 0.717) is 12.5 Å². The third kappa shape index (κ3) is 1.57. The topological polar surface area (TPSA) is 68.3 Å². The maximum Gasteiger partial charge on any atom is 0.302 e. The summed E-state index contributed by atoms with van der Waals surface area (Å²) in [5.74, 6) is 0.0983. The van der Waals surface area contributed by atoms with Gasteiger partial charge in [0.05, 0.1) is 18.8 Å². The number of hydrogen-bond acceptors (Lipinski definition) is 5. The molecule has 2 aliphatic carbocycles. The summed E-state index contributed by atoms with van der Waals surface area (Å²) in [7, 11) is 0. The SMILES string of the molecule is CC(=O)OC1CC2OC3CC(CO)CCC3(C)C1(C)C21CO1. The van der Waals surface area contributed by atoms with E-state index in [1.807, 2.05) is 0 Å². The van der Waals surface area contributed by atoms with E-state index in [0.717, 1.165) is 25.7 Å². The molecule has 2 aliphatic heterocycles. The lowest BCUT2D eigenvalue weighted by Crippen LogP contribution is -2.65. The molecule has 1 spiro atoms. The van der Waals surface area contributed by atoms with Gasteiger partial charge in [0.2, 0.25) is 0 Å². The second-order valence-electron chi connectivity index (χ2n) is 8.07. The van der Waals surface area contributed by atoms with E-state index in [-0.39, 0.29) is 47.3 Å². The Hall–Kier alpha value is -0.650. The van der Waals surface area contributed by atoms with Crippen molar-refractivity contribution < 1.29 is 24.1 Å². The molecule has 7 unspecified atom stereocenters. The molecule has 4 fully saturated rings. The monoisotopic (exact) mass is 310 g/mol. The second kappa shape index (κ2) is 4.46. The van der Waals surface area contributed by atoms with Crippen molar-refractivity contribution in [1.82, 2.24) is 0 Å². The minimum atomic E-state index is -0.273. The molecule has 0 aromatic carbocycles. The van der Waals surface area contributed by atoms with Crippen LogP contribution in [0.15, 0.2) is 0 Å². The fraction of sp³-hybridized carbons (Fsp3) is 0.941. The van der Waals surface area contributed by atoms with Crippen molar-refractivity contribution in [1.29, 1.82) is 0 Å². The average molecular weight is 310 g/mol. The van der Waals surface area contributed by atoms with E-state index in [9.17, 15) is 9.90 Å². The Kier molecular flexibility index (Phi) is 3.02. The lowest BCUT2D eigenvalue weighted by molar-refractivity contribution is -0.237. The fourth-order valence-corrected chi connectivity index (χ4v) is 5.68. The first-order chi connectivity index (χ1) is 10.4. The van der Waals surface area contributed by atoms with Crippen LogP contribution >= 0.6 is 0 Å². The minimum absolute atomic E-state index is 0.0115. The van der Waals surface area contributed by atoms with Crippen LogP contribution in [-0.2, 0) is 19.0 Å². The zero-order valence-corrected chi connectivity index (χ0v) is 13.6. The van der Waals surface area contributed by atoms with Crippen molar-refractivity contribution >= 4 is 5.97 Å². The molecule has 2 heterocycles. The normalized spacial score (nSPS) is 55.8. The second-order valence-corrected chi connectivity index (χ2v) is 8.07. The minimum Gasteiger partial charge on any atom is -0.462 e. The Labute approximate surface area is 131 Å². The zero-order valence-electron chi connectivity index (χ0n) is 13.6. The first-order valence-electron chi connectivity index (χ1n) is 8.45. The summed E-state index contributed by atoms with van der Waals surface area (Å²) in [6.45, 7) is 6.93. The van der Waals surface area contributed by atoms with Crippen LogP contribution in [0, 0.1) is 16.7 Å².